The number of methoxy groups -OCH3 is 1. The van der Waals surface area contributed by atoms with Crippen molar-refractivity contribution in [2.75, 3.05) is 12.4 Å². The Bertz CT molecular complexity index is 1200. The van der Waals surface area contributed by atoms with Crippen molar-refractivity contribution in [3.63, 3.8) is 0 Å². The van der Waals surface area contributed by atoms with E-state index in [4.69, 9.17) is 9.88 Å². The maximum absolute atomic E-state index is 13.4. The Morgan fingerprint density at radius 1 is 1.21 bits per heavy atom. The number of halogens is 4. The van der Waals surface area contributed by atoms with Gasteiger partial charge in [0.1, 0.15) is 16.8 Å². The number of alkyl halides is 3. The SMILES string of the molecule is COc1ccc(Br)cc1[C@@H]1Nc2cc(C(F)(F)F)c(S(N)(=O)=O)cc2S(=O)(=O)N1. The van der Waals surface area contributed by atoms with Gasteiger partial charge in [0.15, 0.2) is 0 Å². The van der Waals surface area contributed by atoms with Crippen LogP contribution in [0.15, 0.2) is 44.6 Å². The van der Waals surface area contributed by atoms with E-state index in [-0.39, 0.29) is 5.75 Å². The van der Waals surface area contributed by atoms with E-state index in [9.17, 15) is 30.0 Å². The Kier molecular flexibility index (Phi) is 5.36. The zero-order valence-electron chi connectivity index (χ0n) is 14.4. The van der Waals surface area contributed by atoms with Gasteiger partial charge in [0.25, 0.3) is 0 Å². The first-order valence-corrected chi connectivity index (χ1v) is 11.5. The molecule has 0 fully saturated rings. The Morgan fingerprint density at radius 3 is 2.41 bits per heavy atom. The van der Waals surface area contributed by atoms with Crippen molar-refractivity contribution >= 4 is 41.7 Å². The van der Waals surface area contributed by atoms with Crippen LogP contribution in [0.2, 0.25) is 0 Å². The molecular weight excluding hydrogens is 503 g/mol. The summed E-state index contributed by atoms with van der Waals surface area (Å²) in [6.45, 7) is 0. The molecule has 29 heavy (non-hydrogen) atoms. The minimum absolute atomic E-state index is 0.272. The highest BCUT2D eigenvalue weighted by Gasteiger charge is 2.41. The van der Waals surface area contributed by atoms with Gasteiger partial charge in [0.2, 0.25) is 20.0 Å². The summed E-state index contributed by atoms with van der Waals surface area (Å²) in [6, 6.07) is 5.49. The third-order valence-electron chi connectivity index (χ3n) is 4.06. The number of fused-ring (bicyclic) bond motifs is 1. The zero-order chi connectivity index (χ0) is 21.8. The minimum Gasteiger partial charge on any atom is -0.496 e. The van der Waals surface area contributed by atoms with Crippen molar-refractivity contribution in [2.24, 2.45) is 5.14 Å². The second-order valence-electron chi connectivity index (χ2n) is 5.97. The highest BCUT2D eigenvalue weighted by molar-refractivity contribution is 9.10. The number of nitrogens with two attached hydrogens (primary N) is 1. The van der Waals surface area contributed by atoms with Gasteiger partial charge in [0, 0.05) is 10.0 Å². The zero-order valence-corrected chi connectivity index (χ0v) is 17.6. The average Bonchev–Trinajstić information content (AvgIpc) is 2.58. The number of primary sulfonamides is 1. The quantitative estimate of drug-likeness (QED) is 0.576. The second kappa shape index (κ2) is 7.12. The van der Waals surface area contributed by atoms with Crippen molar-refractivity contribution in [1.29, 1.82) is 0 Å². The molecule has 14 heteroatoms. The van der Waals surface area contributed by atoms with Crippen LogP contribution >= 0.6 is 15.9 Å². The van der Waals surface area contributed by atoms with Crippen LogP contribution in [0.3, 0.4) is 0 Å². The molecule has 2 aromatic rings. The van der Waals surface area contributed by atoms with Crippen molar-refractivity contribution < 1.29 is 34.7 Å². The maximum Gasteiger partial charge on any atom is 0.417 e. The Labute approximate surface area is 172 Å². The summed E-state index contributed by atoms with van der Waals surface area (Å²) in [5, 5.41) is 7.50. The molecule has 1 aliphatic rings. The lowest BCUT2D eigenvalue weighted by molar-refractivity contribution is -0.139. The van der Waals surface area contributed by atoms with Gasteiger partial charge in [-0.05, 0) is 30.3 Å². The van der Waals surface area contributed by atoms with E-state index in [0.717, 1.165) is 0 Å². The number of hydrogen-bond donors (Lipinski definition) is 3. The molecule has 0 radical (unpaired) electrons. The number of sulfonamides is 2. The van der Waals surface area contributed by atoms with Crippen LogP contribution in [0.1, 0.15) is 17.3 Å². The van der Waals surface area contributed by atoms with Gasteiger partial charge in [-0.1, -0.05) is 15.9 Å². The lowest BCUT2D eigenvalue weighted by Crippen LogP contribution is -2.39. The molecule has 0 aliphatic carbocycles. The van der Waals surface area contributed by atoms with Crippen molar-refractivity contribution in [3.05, 3.63) is 45.9 Å². The van der Waals surface area contributed by atoms with Crippen LogP contribution < -0.4 is 19.9 Å². The van der Waals surface area contributed by atoms with Crippen LogP contribution in [0.5, 0.6) is 5.75 Å². The van der Waals surface area contributed by atoms with Crippen LogP contribution in [0.4, 0.5) is 18.9 Å². The largest absolute Gasteiger partial charge is 0.496 e. The van der Waals surface area contributed by atoms with E-state index in [1.54, 1.807) is 6.07 Å². The molecule has 3 rings (SSSR count). The second-order valence-corrected chi connectivity index (χ2v) is 10.1. The molecule has 0 bridgehead atoms. The number of nitrogens with one attached hydrogen (secondary N) is 2. The van der Waals surface area contributed by atoms with E-state index in [2.05, 4.69) is 26.0 Å². The Morgan fingerprint density at radius 2 is 1.86 bits per heavy atom. The van der Waals surface area contributed by atoms with E-state index < -0.39 is 53.4 Å². The molecule has 1 aliphatic heterocycles. The molecule has 0 unspecified atom stereocenters. The van der Waals surface area contributed by atoms with Gasteiger partial charge >= 0.3 is 6.18 Å². The predicted octanol–water partition coefficient (Wildman–Crippen LogP) is 2.53. The van der Waals surface area contributed by atoms with Crippen LogP contribution in [0, 0.1) is 0 Å². The third-order valence-corrected chi connectivity index (χ3v) is 6.97. The molecule has 2 aromatic carbocycles. The van der Waals surface area contributed by atoms with Crippen molar-refractivity contribution in [1.82, 2.24) is 4.72 Å². The molecule has 8 nitrogen and oxygen atoms in total. The Hall–Kier alpha value is -1.87. The summed E-state index contributed by atoms with van der Waals surface area (Å²) >= 11 is 3.23. The minimum atomic E-state index is -5.09. The topological polar surface area (TPSA) is 128 Å². The summed E-state index contributed by atoms with van der Waals surface area (Å²) < 4.78 is 96.8. The normalized spacial score (nSPS) is 18.6. The fourth-order valence-electron chi connectivity index (χ4n) is 2.83. The fraction of sp³-hybridized carbons (Fsp3) is 0.200. The number of ether oxygens (including phenoxy) is 1. The average molecular weight is 516 g/mol. The molecular formula is C15H13BrF3N3O5S2. The van der Waals surface area contributed by atoms with E-state index in [0.29, 0.717) is 22.2 Å². The summed E-state index contributed by atoms with van der Waals surface area (Å²) in [5.41, 5.74) is -1.72. The van der Waals surface area contributed by atoms with Gasteiger partial charge in [-0.25, -0.2) is 22.0 Å². The molecule has 0 saturated heterocycles. The molecule has 1 atom stereocenters. The van der Waals surface area contributed by atoms with Crippen LogP contribution in [0.25, 0.3) is 0 Å². The van der Waals surface area contributed by atoms with Gasteiger partial charge in [-0.15, -0.1) is 0 Å². The smallest absolute Gasteiger partial charge is 0.417 e. The molecule has 0 amide bonds. The first-order chi connectivity index (χ1) is 13.2. The standard InChI is InChI=1S/C15H13BrF3N3O5S2/c1-27-11-3-2-7(16)4-8(11)14-21-10-5-9(15(17,18)19)12(28(20,23)24)6-13(10)29(25,26)22-14/h2-6,14,21-22H,1H3,(H2,20,23,24)/t14-/m1/s1. The summed E-state index contributed by atoms with van der Waals surface area (Å²) in [5.74, 6) is 0.272. The summed E-state index contributed by atoms with van der Waals surface area (Å²) in [6.07, 6.45) is -6.27. The Balaban J connectivity index is 2.24. The monoisotopic (exact) mass is 515 g/mol. The first-order valence-electron chi connectivity index (χ1n) is 7.64. The molecule has 0 aromatic heterocycles. The summed E-state index contributed by atoms with van der Waals surface area (Å²) in [4.78, 5) is -2.02. The molecule has 0 spiro atoms. The number of anilines is 1. The van der Waals surface area contributed by atoms with Crippen LogP contribution in [-0.4, -0.2) is 23.9 Å². The first kappa shape index (κ1) is 21.8. The van der Waals surface area contributed by atoms with Gasteiger partial charge in [0.05, 0.1) is 23.3 Å². The lowest BCUT2D eigenvalue weighted by atomic mass is 10.1. The maximum atomic E-state index is 13.4. The van der Waals surface area contributed by atoms with E-state index in [1.165, 1.54) is 19.2 Å². The highest BCUT2D eigenvalue weighted by atomic mass is 79.9. The molecule has 158 valence electrons. The van der Waals surface area contributed by atoms with Gasteiger partial charge in [-0.2, -0.15) is 17.9 Å². The third kappa shape index (κ3) is 4.21. The van der Waals surface area contributed by atoms with Gasteiger partial charge in [-0.3, -0.25) is 0 Å². The number of hydrogen-bond acceptors (Lipinski definition) is 6. The molecule has 0 saturated carbocycles. The van der Waals surface area contributed by atoms with Gasteiger partial charge < -0.3 is 10.1 Å². The van der Waals surface area contributed by atoms with Crippen LogP contribution in [-0.2, 0) is 26.2 Å². The van der Waals surface area contributed by atoms with Crippen molar-refractivity contribution in [2.45, 2.75) is 22.1 Å². The fourth-order valence-corrected chi connectivity index (χ4v) is 5.35. The molecule has 1 heterocycles. The van der Waals surface area contributed by atoms with E-state index in [1.807, 2.05) is 0 Å². The summed E-state index contributed by atoms with van der Waals surface area (Å²) in [7, 11) is -7.90. The molecule has 4 N–H and O–H groups in total. The predicted molar refractivity (Wildman–Crippen MR) is 100 cm³/mol. The number of rotatable bonds is 3. The lowest BCUT2D eigenvalue weighted by Gasteiger charge is -2.30. The highest BCUT2D eigenvalue weighted by Crippen LogP contribution is 2.42. The van der Waals surface area contributed by atoms with Crippen molar-refractivity contribution in [3.8, 4) is 5.75 Å². The van der Waals surface area contributed by atoms with E-state index >= 15 is 0 Å². The number of benzene rings is 2.